The van der Waals surface area contributed by atoms with Crippen LogP contribution in [0.3, 0.4) is 0 Å². The molecule has 1 aromatic heterocycles. The van der Waals surface area contributed by atoms with Gasteiger partial charge in [0.2, 0.25) is 0 Å². The SMILES string of the molecule is CCN(c1cccc(O)c1)c1c(CN)c(C)nn1C. The molecule has 0 aliphatic rings. The van der Waals surface area contributed by atoms with Gasteiger partial charge in [-0.3, -0.25) is 4.68 Å². The lowest BCUT2D eigenvalue weighted by Crippen LogP contribution is -2.21. The van der Waals surface area contributed by atoms with Crippen molar-refractivity contribution in [3.05, 3.63) is 35.5 Å². The molecule has 0 aliphatic heterocycles. The molecule has 5 heteroatoms. The van der Waals surface area contributed by atoms with E-state index < -0.39 is 0 Å². The van der Waals surface area contributed by atoms with Crippen LogP contribution in [-0.4, -0.2) is 21.4 Å². The summed E-state index contributed by atoms with van der Waals surface area (Å²) in [5.41, 5.74) is 8.74. The van der Waals surface area contributed by atoms with Gasteiger partial charge in [-0.15, -0.1) is 0 Å². The molecular weight excluding hydrogens is 240 g/mol. The summed E-state index contributed by atoms with van der Waals surface area (Å²) in [6, 6.07) is 7.20. The second-order valence-corrected chi connectivity index (χ2v) is 4.48. The first kappa shape index (κ1) is 13.4. The zero-order valence-corrected chi connectivity index (χ0v) is 11.6. The molecule has 2 aromatic rings. The highest BCUT2D eigenvalue weighted by molar-refractivity contribution is 5.65. The van der Waals surface area contributed by atoms with Crippen molar-refractivity contribution >= 4 is 11.5 Å². The summed E-state index contributed by atoms with van der Waals surface area (Å²) in [5.74, 6) is 1.23. The van der Waals surface area contributed by atoms with E-state index in [1.807, 2.05) is 30.8 Å². The number of hydrogen-bond donors (Lipinski definition) is 2. The van der Waals surface area contributed by atoms with Crippen molar-refractivity contribution in [1.29, 1.82) is 0 Å². The first-order chi connectivity index (χ1) is 9.08. The third kappa shape index (κ3) is 2.42. The maximum absolute atomic E-state index is 9.63. The summed E-state index contributed by atoms with van der Waals surface area (Å²) in [7, 11) is 1.91. The van der Waals surface area contributed by atoms with E-state index in [0.717, 1.165) is 29.3 Å². The molecule has 2 rings (SSSR count). The molecule has 0 saturated heterocycles. The summed E-state index contributed by atoms with van der Waals surface area (Å²) in [5, 5.41) is 14.1. The van der Waals surface area contributed by atoms with Crippen molar-refractivity contribution in [2.24, 2.45) is 12.8 Å². The number of nitrogens with zero attached hydrogens (tertiary/aromatic N) is 3. The van der Waals surface area contributed by atoms with E-state index in [1.54, 1.807) is 12.1 Å². The molecule has 0 bridgehead atoms. The molecule has 0 aliphatic carbocycles. The van der Waals surface area contributed by atoms with Crippen LogP contribution in [-0.2, 0) is 13.6 Å². The normalized spacial score (nSPS) is 10.7. The van der Waals surface area contributed by atoms with Crippen molar-refractivity contribution in [3.63, 3.8) is 0 Å². The number of anilines is 2. The van der Waals surface area contributed by atoms with Gasteiger partial charge in [-0.25, -0.2) is 0 Å². The molecule has 0 fully saturated rings. The number of benzene rings is 1. The standard InChI is InChI=1S/C14H20N4O/c1-4-18(11-6-5-7-12(19)8-11)14-13(9-15)10(2)16-17(14)3/h5-8,19H,4,9,15H2,1-3H3. The van der Waals surface area contributed by atoms with E-state index in [9.17, 15) is 5.11 Å². The van der Waals surface area contributed by atoms with Gasteiger partial charge in [-0.05, 0) is 26.0 Å². The number of hydrogen-bond acceptors (Lipinski definition) is 4. The maximum atomic E-state index is 9.63. The van der Waals surface area contributed by atoms with Crippen LogP contribution in [0.5, 0.6) is 5.75 Å². The number of aryl methyl sites for hydroxylation is 2. The summed E-state index contributed by atoms with van der Waals surface area (Å²) in [6.07, 6.45) is 0. The molecule has 0 radical (unpaired) electrons. The lowest BCUT2D eigenvalue weighted by atomic mass is 10.2. The highest BCUT2D eigenvalue weighted by Gasteiger charge is 2.18. The van der Waals surface area contributed by atoms with E-state index in [1.165, 1.54) is 0 Å². The largest absolute Gasteiger partial charge is 0.508 e. The van der Waals surface area contributed by atoms with Crippen LogP contribution in [0, 0.1) is 6.92 Å². The van der Waals surface area contributed by atoms with Crippen molar-refractivity contribution in [2.45, 2.75) is 20.4 Å². The lowest BCUT2D eigenvalue weighted by Gasteiger charge is -2.24. The second-order valence-electron chi connectivity index (χ2n) is 4.48. The fourth-order valence-corrected chi connectivity index (χ4v) is 2.38. The Morgan fingerprint density at radius 1 is 1.42 bits per heavy atom. The molecule has 102 valence electrons. The fourth-order valence-electron chi connectivity index (χ4n) is 2.38. The lowest BCUT2D eigenvalue weighted by molar-refractivity contribution is 0.475. The first-order valence-corrected chi connectivity index (χ1v) is 6.37. The average Bonchev–Trinajstić information content (AvgIpc) is 2.65. The molecule has 19 heavy (non-hydrogen) atoms. The van der Waals surface area contributed by atoms with E-state index in [4.69, 9.17) is 5.73 Å². The number of phenols is 1. The van der Waals surface area contributed by atoms with Crippen LogP contribution in [0.15, 0.2) is 24.3 Å². The Morgan fingerprint density at radius 2 is 2.16 bits per heavy atom. The van der Waals surface area contributed by atoms with Crippen molar-refractivity contribution < 1.29 is 5.11 Å². The minimum Gasteiger partial charge on any atom is -0.508 e. The molecule has 0 amide bonds. The number of rotatable bonds is 4. The Balaban J connectivity index is 2.54. The third-order valence-electron chi connectivity index (χ3n) is 3.23. The maximum Gasteiger partial charge on any atom is 0.135 e. The van der Waals surface area contributed by atoms with Crippen LogP contribution in [0.4, 0.5) is 11.5 Å². The third-order valence-corrected chi connectivity index (χ3v) is 3.23. The zero-order chi connectivity index (χ0) is 14.0. The van der Waals surface area contributed by atoms with Crippen LogP contribution >= 0.6 is 0 Å². The smallest absolute Gasteiger partial charge is 0.135 e. The zero-order valence-electron chi connectivity index (χ0n) is 11.6. The van der Waals surface area contributed by atoms with E-state index >= 15 is 0 Å². The van der Waals surface area contributed by atoms with Gasteiger partial charge in [0, 0.05) is 37.5 Å². The number of phenolic OH excluding ortho intramolecular Hbond substituents is 1. The van der Waals surface area contributed by atoms with Gasteiger partial charge >= 0.3 is 0 Å². The summed E-state index contributed by atoms with van der Waals surface area (Å²) < 4.78 is 1.84. The topological polar surface area (TPSA) is 67.3 Å². The van der Waals surface area contributed by atoms with Gasteiger partial charge in [0.05, 0.1) is 5.69 Å². The predicted molar refractivity (Wildman–Crippen MR) is 76.6 cm³/mol. The molecule has 0 saturated carbocycles. The minimum absolute atomic E-state index is 0.254. The highest BCUT2D eigenvalue weighted by Crippen LogP contribution is 2.31. The summed E-state index contributed by atoms with van der Waals surface area (Å²) >= 11 is 0. The van der Waals surface area contributed by atoms with Crippen LogP contribution < -0.4 is 10.6 Å². The highest BCUT2D eigenvalue weighted by atomic mass is 16.3. The Hall–Kier alpha value is -2.01. The predicted octanol–water partition coefficient (Wildman–Crippen LogP) is 2.05. The molecule has 0 unspecified atom stereocenters. The van der Waals surface area contributed by atoms with Crippen molar-refractivity contribution in [2.75, 3.05) is 11.4 Å². The van der Waals surface area contributed by atoms with Gasteiger partial charge in [-0.2, -0.15) is 5.10 Å². The summed E-state index contributed by atoms with van der Waals surface area (Å²) in [4.78, 5) is 2.10. The Bertz CT molecular complexity index is 577. The van der Waals surface area contributed by atoms with E-state index in [0.29, 0.717) is 6.54 Å². The molecule has 0 atom stereocenters. The Labute approximate surface area is 113 Å². The van der Waals surface area contributed by atoms with Crippen molar-refractivity contribution in [3.8, 4) is 5.75 Å². The Kier molecular flexibility index (Phi) is 3.76. The molecular formula is C14H20N4O. The number of aromatic nitrogens is 2. The summed E-state index contributed by atoms with van der Waals surface area (Å²) in [6.45, 7) is 5.24. The van der Waals surface area contributed by atoms with Gasteiger partial charge < -0.3 is 15.7 Å². The molecule has 0 spiro atoms. The van der Waals surface area contributed by atoms with Crippen molar-refractivity contribution in [1.82, 2.24) is 9.78 Å². The van der Waals surface area contributed by atoms with E-state index in [-0.39, 0.29) is 5.75 Å². The minimum atomic E-state index is 0.254. The van der Waals surface area contributed by atoms with E-state index in [2.05, 4.69) is 16.9 Å². The fraction of sp³-hybridized carbons (Fsp3) is 0.357. The number of aromatic hydroxyl groups is 1. The van der Waals surface area contributed by atoms with Gasteiger partial charge in [0.25, 0.3) is 0 Å². The first-order valence-electron chi connectivity index (χ1n) is 6.37. The molecule has 1 heterocycles. The van der Waals surface area contributed by atoms with Gasteiger partial charge in [-0.1, -0.05) is 6.07 Å². The van der Waals surface area contributed by atoms with Gasteiger partial charge in [0.15, 0.2) is 0 Å². The Morgan fingerprint density at radius 3 is 2.74 bits per heavy atom. The monoisotopic (exact) mass is 260 g/mol. The molecule has 1 aromatic carbocycles. The quantitative estimate of drug-likeness (QED) is 0.883. The molecule has 3 N–H and O–H groups in total. The molecule has 5 nitrogen and oxygen atoms in total. The van der Waals surface area contributed by atoms with Gasteiger partial charge in [0.1, 0.15) is 11.6 Å². The number of nitrogens with two attached hydrogens (primary N) is 1. The van der Waals surface area contributed by atoms with Crippen LogP contribution in [0.1, 0.15) is 18.2 Å². The average molecular weight is 260 g/mol. The second kappa shape index (κ2) is 5.32. The van der Waals surface area contributed by atoms with Crippen LogP contribution in [0.25, 0.3) is 0 Å². The van der Waals surface area contributed by atoms with Crippen LogP contribution in [0.2, 0.25) is 0 Å².